The number of nitrogens with one attached hydrogen (secondary N) is 1. The molecule has 0 aromatic rings. The van der Waals surface area contributed by atoms with Crippen LogP contribution in [0.5, 0.6) is 0 Å². The van der Waals surface area contributed by atoms with Crippen LogP contribution < -0.4 is 5.32 Å². The molecule has 0 amide bonds. The van der Waals surface area contributed by atoms with E-state index in [0.29, 0.717) is 0 Å². The highest BCUT2D eigenvalue weighted by molar-refractivity contribution is 5.27. The molecule has 2 heteroatoms. The van der Waals surface area contributed by atoms with Crippen LogP contribution in [0.25, 0.3) is 0 Å². The first kappa shape index (κ1) is 9.07. The Bertz CT molecular complexity index is 226. The predicted molar refractivity (Wildman–Crippen MR) is 50.9 cm³/mol. The summed E-state index contributed by atoms with van der Waals surface area (Å²) in [6.07, 6.45) is 9.22. The highest BCUT2D eigenvalue weighted by atomic mass is 16.5. The number of methoxy groups -OCH3 is 1. The van der Waals surface area contributed by atoms with Crippen LogP contribution >= 0.6 is 0 Å². The topological polar surface area (TPSA) is 21.3 Å². The first-order chi connectivity index (χ1) is 5.86. The van der Waals surface area contributed by atoms with E-state index >= 15 is 0 Å². The fourth-order valence-corrected chi connectivity index (χ4v) is 1.14. The normalized spacial score (nSPS) is 16.5. The highest BCUT2D eigenvalue weighted by Gasteiger charge is 1.97. The second kappa shape index (κ2) is 4.78. The van der Waals surface area contributed by atoms with Crippen LogP contribution in [-0.2, 0) is 4.74 Å². The Kier molecular flexibility index (Phi) is 3.61. The van der Waals surface area contributed by atoms with Crippen molar-refractivity contribution in [3.05, 3.63) is 35.6 Å². The van der Waals surface area contributed by atoms with Gasteiger partial charge in [-0.2, -0.15) is 0 Å². The third-order valence-electron chi connectivity index (χ3n) is 1.79. The molecular formula is C10H15NO. The van der Waals surface area contributed by atoms with Gasteiger partial charge in [0.15, 0.2) is 0 Å². The minimum absolute atomic E-state index is 0.918. The van der Waals surface area contributed by atoms with Crippen molar-refractivity contribution in [2.24, 2.45) is 0 Å². The quantitative estimate of drug-likeness (QED) is 0.686. The van der Waals surface area contributed by atoms with E-state index in [4.69, 9.17) is 4.74 Å². The average Bonchev–Trinajstić information content (AvgIpc) is 2.31. The summed E-state index contributed by atoms with van der Waals surface area (Å²) in [6.45, 7) is 0.942. The van der Waals surface area contributed by atoms with Crippen molar-refractivity contribution in [1.29, 1.82) is 0 Å². The molecule has 0 unspecified atom stereocenters. The van der Waals surface area contributed by atoms with Gasteiger partial charge in [0.1, 0.15) is 5.76 Å². The van der Waals surface area contributed by atoms with Crippen LogP contribution in [0.1, 0.15) is 6.42 Å². The third kappa shape index (κ3) is 2.55. The van der Waals surface area contributed by atoms with Gasteiger partial charge in [0.05, 0.1) is 7.11 Å². The third-order valence-corrected chi connectivity index (χ3v) is 1.79. The van der Waals surface area contributed by atoms with Crippen molar-refractivity contribution in [2.75, 3.05) is 20.7 Å². The molecule has 0 radical (unpaired) electrons. The van der Waals surface area contributed by atoms with Gasteiger partial charge in [-0.3, -0.25) is 0 Å². The zero-order valence-electron chi connectivity index (χ0n) is 7.63. The molecule has 1 rings (SSSR count). The van der Waals surface area contributed by atoms with Gasteiger partial charge >= 0.3 is 0 Å². The smallest absolute Gasteiger partial charge is 0.118 e. The molecule has 0 bridgehead atoms. The van der Waals surface area contributed by atoms with Crippen molar-refractivity contribution in [3.8, 4) is 0 Å². The molecule has 1 aliphatic rings. The molecule has 2 nitrogen and oxygen atoms in total. The number of ether oxygens (including phenoxy) is 1. The number of rotatable bonds is 3. The summed E-state index contributed by atoms with van der Waals surface area (Å²) in [5.41, 5.74) is 1.38. The SMILES string of the molecule is CNCC1=CC=C(OC)C=CC1. The number of hydrogen-bond donors (Lipinski definition) is 1. The lowest BCUT2D eigenvalue weighted by atomic mass is 10.2. The Morgan fingerprint density at radius 1 is 1.50 bits per heavy atom. The van der Waals surface area contributed by atoms with Crippen molar-refractivity contribution in [1.82, 2.24) is 5.32 Å². The lowest BCUT2D eigenvalue weighted by Gasteiger charge is -1.99. The molecule has 0 aromatic heterocycles. The molecular weight excluding hydrogens is 150 g/mol. The molecule has 0 spiro atoms. The van der Waals surface area contributed by atoms with Gasteiger partial charge in [0.2, 0.25) is 0 Å². The molecule has 0 fully saturated rings. The van der Waals surface area contributed by atoms with E-state index in [1.807, 2.05) is 19.2 Å². The molecule has 0 heterocycles. The van der Waals surface area contributed by atoms with Gasteiger partial charge in [0.25, 0.3) is 0 Å². The summed E-state index contributed by atoms with van der Waals surface area (Å²) in [7, 11) is 3.64. The van der Waals surface area contributed by atoms with Crippen molar-refractivity contribution >= 4 is 0 Å². The Labute approximate surface area is 73.6 Å². The summed E-state index contributed by atoms with van der Waals surface area (Å²) >= 11 is 0. The van der Waals surface area contributed by atoms with Crippen LogP contribution in [0.15, 0.2) is 35.6 Å². The van der Waals surface area contributed by atoms with E-state index in [9.17, 15) is 0 Å². The Morgan fingerprint density at radius 3 is 3.00 bits per heavy atom. The Balaban J connectivity index is 2.63. The molecule has 12 heavy (non-hydrogen) atoms. The van der Waals surface area contributed by atoms with E-state index in [1.54, 1.807) is 7.11 Å². The van der Waals surface area contributed by atoms with Gasteiger partial charge in [-0.15, -0.1) is 0 Å². The molecule has 1 N–H and O–H groups in total. The average molecular weight is 165 g/mol. The van der Waals surface area contributed by atoms with Crippen LogP contribution in [0, 0.1) is 0 Å². The van der Waals surface area contributed by atoms with Crippen LogP contribution in [0.2, 0.25) is 0 Å². The molecule has 0 atom stereocenters. The minimum atomic E-state index is 0.918. The summed E-state index contributed by atoms with van der Waals surface area (Å²) < 4.78 is 5.11. The highest BCUT2D eigenvalue weighted by Crippen LogP contribution is 2.10. The summed E-state index contributed by atoms with van der Waals surface area (Å²) in [5, 5.41) is 3.13. The second-order valence-corrected chi connectivity index (χ2v) is 2.73. The van der Waals surface area contributed by atoms with Gasteiger partial charge in [-0.1, -0.05) is 17.7 Å². The second-order valence-electron chi connectivity index (χ2n) is 2.73. The van der Waals surface area contributed by atoms with Gasteiger partial charge in [0, 0.05) is 6.54 Å². The molecule has 0 aliphatic heterocycles. The van der Waals surface area contributed by atoms with Crippen LogP contribution in [-0.4, -0.2) is 20.7 Å². The monoisotopic (exact) mass is 165 g/mol. The molecule has 66 valence electrons. The van der Waals surface area contributed by atoms with Crippen molar-refractivity contribution < 1.29 is 4.74 Å². The fraction of sp³-hybridized carbons (Fsp3) is 0.400. The summed E-state index contributed by atoms with van der Waals surface area (Å²) in [6, 6.07) is 0. The number of hydrogen-bond acceptors (Lipinski definition) is 2. The van der Waals surface area contributed by atoms with Crippen molar-refractivity contribution in [2.45, 2.75) is 6.42 Å². The van der Waals surface area contributed by atoms with Crippen molar-refractivity contribution in [3.63, 3.8) is 0 Å². The molecule has 0 saturated carbocycles. The maximum atomic E-state index is 5.11. The lowest BCUT2D eigenvalue weighted by Crippen LogP contribution is -2.09. The first-order valence-electron chi connectivity index (χ1n) is 4.11. The zero-order valence-corrected chi connectivity index (χ0v) is 7.63. The predicted octanol–water partition coefficient (Wildman–Crippen LogP) is 1.62. The summed E-state index contributed by atoms with van der Waals surface area (Å²) in [5.74, 6) is 0.918. The standard InChI is InChI=1S/C10H15NO/c1-11-8-9-4-3-5-10(12-2)7-6-9/h3,5-7,11H,4,8H2,1-2H3. The Morgan fingerprint density at radius 2 is 2.33 bits per heavy atom. The maximum Gasteiger partial charge on any atom is 0.118 e. The molecule has 1 aliphatic carbocycles. The van der Waals surface area contributed by atoms with E-state index in [0.717, 1.165) is 18.7 Å². The molecule has 0 saturated heterocycles. The van der Waals surface area contributed by atoms with Crippen LogP contribution in [0.4, 0.5) is 0 Å². The van der Waals surface area contributed by atoms with E-state index < -0.39 is 0 Å². The molecule has 0 aromatic carbocycles. The summed E-state index contributed by atoms with van der Waals surface area (Å²) in [4.78, 5) is 0. The maximum absolute atomic E-state index is 5.11. The first-order valence-corrected chi connectivity index (χ1v) is 4.11. The van der Waals surface area contributed by atoms with Gasteiger partial charge < -0.3 is 10.1 Å². The number of likely N-dealkylation sites (N-methyl/N-ethyl adjacent to an activating group) is 1. The van der Waals surface area contributed by atoms with E-state index in [2.05, 4.69) is 17.5 Å². The minimum Gasteiger partial charge on any atom is -0.497 e. The largest absolute Gasteiger partial charge is 0.497 e. The lowest BCUT2D eigenvalue weighted by molar-refractivity contribution is 0.307. The van der Waals surface area contributed by atoms with Crippen LogP contribution in [0.3, 0.4) is 0 Å². The number of allylic oxidation sites excluding steroid dienone is 4. The van der Waals surface area contributed by atoms with E-state index in [-0.39, 0.29) is 0 Å². The Hall–Kier alpha value is -1.02. The van der Waals surface area contributed by atoms with E-state index in [1.165, 1.54) is 5.57 Å². The fourth-order valence-electron chi connectivity index (χ4n) is 1.14. The van der Waals surface area contributed by atoms with Gasteiger partial charge in [-0.25, -0.2) is 0 Å². The zero-order chi connectivity index (χ0) is 8.81. The van der Waals surface area contributed by atoms with Gasteiger partial charge in [-0.05, 0) is 25.6 Å².